The third kappa shape index (κ3) is 4.12. The summed E-state index contributed by atoms with van der Waals surface area (Å²) in [6, 6.07) is 11.6. The fourth-order valence-electron chi connectivity index (χ4n) is 1.71. The van der Waals surface area contributed by atoms with Gasteiger partial charge in [0.05, 0.1) is 11.4 Å². The van der Waals surface area contributed by atoms with Crippen molar-refractivity contribution in [2.75, 3.05) is 5.32 Å². The molecule has 2 aromatic rings. The van der Waals surface area contributed by atoms with Crippen molar-refractivity contribution in [1.29, 1.82) is 5.41 Å². The smallest absolute Gasteiger partial charge is 0.190 e. The molecule has 1 aromatic heterocycles. The normalized spacial score (nSPS) is 8.89. The van der Waals surface area contributed by atoms with Gasteiger partial charge in [-0.05, 0) is 24.6 Å². The zero-order valence-electron chi connectivity index (χ0n) is 10.4. The number of halogens is 2. The van der Waals surface area contributed by atoms with E-state index >= 15 is 0 Å². The Kier molecular flexibility index (Phi) is 6.90. The van der Waals surface area contributed by atoms with Crippen LogP contribution in [-0.4, -0.2) is 10.9 Å². The zero-order valence-corrected chi connectivity index (χ0v) is 12.0. The lowest BCUT2D eigenvalue weighted by Crippen LogP contribution is -2.20. The molecule has 19 heavy (non-hydrogen) atoms. The first-order valence-electron chi connectivity index (χ1n) is 5.30. The van der Waals surface area contributed by atoms with Crippen LogP contribution in [-0.2, 0) is 0 Å². The maximum Gasteiger partial charge on any atom is 0.190 e. The summed E-state index contributed by atoms with van der Waals surface area (Å²) >= 11 is 0. The SMILES string of the molecule is Cc1cccnc1-c1ccccc1NC(=N)N.Cl.Cl. The van der Waals surface area contributed by atoms with Crippen LogP contribution in [0.5, 0.6) is 0 Å². The van der Waals surface area contributed by atoms with E-state index in [1.54, 1.807) is 6.20 Å². The molecule has 0 saturated carbocycles. The molecule has 0 unspecified atom stereocenters. The second-order valence-electron chi connectivity index (χ2n) is 3.75. The number of para-hydroxylation sites is 1. The lowest BCUT2D eigenvalue weighted by atomic mass is 10.0. The summed E-state index contributed by atoms with van der Waals surface area (Å²) in [4.78, 5) is 4.37. The molecule has 1 heterocycles. The highest BCUT2D eigenvalue weighted by atomic mass is 35.5. The number of nitrogens with zero attached hydrogens (tertiary/aromatic N) is 1. The molecule has 1 aromatic carbocycles. The van der Waals surface area contributed by atoms with E-state index in [1.807, 2.05) is 43.3 Å². The van der Waals surface area contributed by atoms with Crippen LogP contribution in [0.1, 0.15) is 5.56 Å². The van der Waals surface area contributed by atoms with Gasteiger partial charge in [-0.3, -0.25) is 10.4 Å². The molecule has 0 radical (unpaired) electrons. The van der Waals surface area contributed by atoms with Gasteiger partial charge in [0.1, 0.15) is 0 Å². The number of rotatable bonds is 2. The maximum atomic E-state index is 7.29. The molecule has 0 bridgehead atoms. The molecule has 0 aliphatic rings. The van der Waals surface area contributed by atoms with Crippen LogP contribution in [0.2, 0.25) is 0 Å². The van der Waals surface area contributed by atoms with Crippen LogP contribution in [0.15, 0.2) is 42.6 Å². The second-order valence-corrected chi connectivity index (χ2v) is 3.75. The van der Waals surface area contributed by atoms with Crippen molar-refractivity contribution in [3.05, 3.63) is 48.2 Å². The predicted octanol–water partition coefficient (Wildman–Crippen LogP) is 3.21. The topological polar surface area (TPSA) is 74.8 Å². The number of anilines is 1. The number of hydrogen-bond donors (Lipinski definition) is 3. The average molecular weight is 299 g/mol. The van der Waals surface area contributed by atoms with Crippen LogP contribution in [0, 0.1) is 12.3 Å². The number of aromatic nitrogens is 1. The Labute approximate surface area is 124 Å². The van der Waals surface area contributed by atoms with Gasteiger partial charge in [0.25, 0.3) is 0 Å². The highest BCUT2D eigenvalue weighted by molar-refractivity contribution is 5.94. The number of aryl methyl sites for hydroxylation is 1. The number of nitrogens with two attached hydrogens (primary N) is 1. The fraction of sp³-hybridized carbons (Fsp3) is 0.0769. The fourth-order valence-corrected chi connectivity index (χ4v) is 1.71. The minimum absolute atomic E-state index is 0. The maximum absolute atomic E-state index is 7.29. The van der Waals surface area contributed by atoms with Crippen molar-refractivity contribution in [1.82, 2.24) is 4.98 Å². The van der Waals surface area contributed by atoms with Crippen molar-refractivity contribution < 1.29 is 0 Å². The molecule has 6 heteroatoms. The zero-order chi connectivity index (χ0) is 12.3. The monoisotopic (exact) mass is 298 g/mol. The van der Waals surface area contributed by atoms with Crippen LogP contribution < -0.4 is 11.1 Å². The summed E-state index contributed by atoms with van der Waals surface area (Å²) in [6.45, 7) is 2.01. The molecule has 0 saturated heterocycles. The minimum atomic E-state index is -0.0777. The highest BCUT2D eigenvalue weighted by Crippen LogP contribution is 2.28. The Bertz CT molecular complexity index is 558. The number of nitrogens with one attached hydrogen (secondary N) is 2. The van der Waals surface area contributed by atoms with E-state index in [2.05, 4.69) is 10.3 Å². The molecule has 4 nitrogen and oxygen atoms in total. The van der Waals surface area contributed by atoms with Gasteiger partial charge in [0.15, 0.2) is 5.96 Å². The molecule has 0 spiro atoms. The van der Waals surface area contributed by atoms with Crippen LogP contribution in [0.4, 0.5) is 5.69 Å². The van der Waals surface area contributed by atoms with Crippen LogP contribution >= 0.6 is 24.8 Å². The van der Waals surface area contributed by atoms with Gasteiger partial charge in [-0.25, -0.2) is 0 Å². The molecule has 4 N–H and O–H groups in total. The first-order valence-corrected chi connectivity index (χ1v) is 5.30. The van der Waals surface area contributed by atoms with Crippen molar-refractivity contribution in [3.63, 3.8) is 0 Å². The van der Waals surface area contributed by atoms with Crippen molar-refractivity contribution in [2.45, 2.75) is 6.92 Å². The molecule has 2 rings (SSSR count). The van der Waals surface area contributed by atoms with E-state index in [0.717, 1.165) is 22.5 Å². The quantitative estimate of drug-likeness (QED) is 0.589. The molecule has 0 atom stereocenters. The number of hydrogen-bond acceptors (Lipinski definition) is 2. The van der Waals surface area contributed by atoms with E-state index in [9.17, 15) is 0 Å². The third-order valence-electron chi connectivity index (χ3n) is 2.46. The average Bonchev–Trinajstić information content (AvgIpc) is 2.30. The summed E-state index contributed by atoms with van der Waals surface area (Å²) in [5.41, 5.74) is 9.09. The van der Waals surface area contributed by atoms with Crippen LogP contribution in [0.3, 0.4) is 0 Å². The van der Waals surface area contributed by atoms with E-state index in [1.165, 1.54) is 0 Å². The third-order valence-corrected chi connectivity index (χ3v) is 2.46. The molecule has 102 valence electrons. The first kappa shape index (κ1) is 17.2. The second kappa shape index (κ2) is 7.61. The Morgan fingerprint density at radius 2 is 1.84 bits per heavy atom. The lowest BCUT2D eigenvalue weighted by Gasteiger charge is -2.11. The Balaban J connectivity index is 0.00000162. The summed E-state index contributed by atoms with van der Waals surface area (Å²) in [5, 5.41) is 10.1. The van der Waals surface area contributed by atoms with Gasteiger partial charge in [-0.1, -0.05) is 24.3 Å². The minimum Gasteiger partial charge on any atom is -0.370 e. The number of benzene rings is 1. The standard InChI is InChI=1S/C13H14N4.2ClH/c1-9-5-4-8-16-12(9)10-6-2-3-7-11(10)17-13(14)15;;/h2-8H,1H3,(H4,14,15,17);2*1H. The van der Waals surface area contributed by atoms with Crippen molar-refractivity contribution in [3.8, 4) is 11.3 Å². The molecule has 0 aliphatic heterocycles. The lowest BCUT2D eigenvalue weighted by molar-refractivity contribution is 1.27. The van der Waals surface area contributed by atoms with Gasteiger partial charge in [0, 0.05) is 11.8 Å². The predicted molar refractivity (Wildman–Crippen MR) is 84.4 cm³/mol. The molecular weight excluding hydrogens is 283 g/mol. The van der Waals surface area contributed by atoms with E-state index in [4.69, 9.17) is 11.1 Å². The Morgan fingerprint density at radius 3 is 2.47 bits per heavy atom. The largest absolute Gasteiger partial charge is 0.370 e. The molecular formula is C13H16Cl2N4. The Morgan fingerprint density at radius 1 is 1.16 bits per heavy atom. The van der Waals surface area contributed by atoms with Gasteiger partial charge >= 0.3 is 0 Å². The number of pyridine rings is 1. The van der Waals surface area contributed by atoms with Gasteiger partial charge in [-0.2, -0.15) is 0 Å². The van der Waals surface area contributed by atoms with E-state index < -0.39 is 0 Å². The van der Waals surface area contributed by atoms with Gasteiger partial charge < -0.3 is 11.1 Å². The summed E-state index contributed by atoms with van der Waals surface area (Å²) in [5.74, 6) is -0.0777. The summed E-state index contributed by atoms with van der Waals surface area (Å²) < 4.78 is 0. The molecule has 0 aliphatic carbocycles. The van der Waals surface area contributed by atoms with Crippen molar-refractivity contribution >= 4 is 36.5 Å². The van der Waals surface area contributed by atoms with E-state index in [0.29, 0.717) is 0 Å². The molecule has 0 fully saturated rings. The Hall–Kier alpha value is -1.78. The van der Waals surface area contributed by atoms with Crippen LogP contribution in [0.25, 0.3) is 11.3 Å². The van der Waals surface area contributed by atoms with Crippen molar-refractivity contribution in [2.24, 2.45) is 5.73 Å². The molecule has 0 amide bonds. The number of guanidine groups is 1. The van der Waals surface area contributed by atoms with Gasteiger partial charge in [-0.15, -0.1) is 24.8 Å². The summed E-state index contributed by atoms with van der Waals surface area (Å²) in [7, 11) is 0. The first-order chi connectivity index (χ1) is 8.18. The van der Waals surface area contributed by atoms with E-state index in [-0.39, 0.29) is 30.8 Å². The highest BCUT2D eigenvalue weighted by Gasteiger charge is 2.08. The summed E-state index contributed by atoms with van der Waals surface area (Å²) in [6.07, 6.45) is 1.76. The van der Waals surface area contributed by atoms with Gasteiger partial charge in [0.2, 0.25) is 0 Å².